The molecule has 0 aromatic carbocycles. The maximum Gasteiger partial charge on any atom is 0.176 e. The third-order valence-electron chi connectivity index (χ3n) is 1.77. The van der Waals surface area contributed by atoms with Gasteiger partial charge in [0.15, 0.2) is 9.04 Å². The summed E-state index contributed by atoms with van der Waals surface area (Å²) < 4.78 is 5.72. The third kappa shape index (κ3) is 7.52. The number of hydrogen-bond acceptors (Lipinski definition) is 3. The molecule has 0 N–H and O–H groups in total. The zero-order valence-electron chi connectivity index (χ0n) is 7.83. The molecule has 0 aliphatic rings. The van der Waals surface area contributed by atoms with Crippen LogP contribution in [-0.4, -0.2) is 27.2 Å². The Hall–Kier alpha value is 0.877. The van der Waals surface area contributed by atoms with Crippen molar-refractivity contribution in [2.45, 2.75) is 31.9 Å². The van der Waals surface area contributed by atoms with E-state index in [4.69, 9.17) is 4.43 Å². The van der Waals surface area contributed by atoms with Gasteiger partial charge in [-0.15, -0.1) is 0 Å². The van der Waals surface area contributed by atoms with Crippen molar-refractivity contribution in [3.8, 4) is 0 Å². The van der Waals surface area contributed by atoms with E-state index >= 15 is 0 Å². The molecule has 0 atom stereocenters. The Kier molecular flexibility index (Phi) is 10.7. The summed E-state index contributed by atoms with van der Waals surface area (Å²) in [5.41, 5.74) is 0. The fourth-order valence-corrected chi connectivity index (χ4v) is 4.65. The van der Waals surface area contributed by atoms with E-state index in [0.717, 1.165) is 18.1 Å². The molecular weight excluding hydrogens is 204 g/mol. The fraction of sp³-hybridized carbons (Fsp3) is 1.00. The molecule has 4 heteroatoms. The summed E-state index contributed by atoms with van der Waals surface area (Å²) in [6.07, 6.45) is 2.43. The first kappa shape index (κ1) is 12.9. The van der Waals surface area contributed by atoms with Gasteiger partial charge in [-0.25, -0.2) is 0 Å². The van der Waals surface area contributed by atoms with Gasteiger partial charge < -0.3 is 4.43 Å². The lowest BCUT2D eigenvalue weighted by Crippen LogP contribution is -2.17. The van der Waals surface area contributed by atoms with Crippen LogP contribution in [0, 0.1) is 0 Å². The van der Waals surface area contributed by atoms with Gasteiger partial charge in [0, 0.05) is 6.61 Å². The van der Waals surface area contributed by atoms with Gasteiger partial charge in [-0.05, 0) is 43.4 Å². The Bertz CT molecular complexity index is 85.1. The minimum absolute atomic E-state index is 0.867. The summed E-state index contributed by atoms with van der Waals surface area (Å²) in [4.78, 5) is 0. The maximum atomic E-state index is 5.72. The second-order valence-corrected chi connectivity index (χ2v) is 6.44. The highest BCUT2D eigenvalue weighted by atomic mass is 32.1. The molecule has 0 bridgehead atoms. The monoisotopic (exact) mass is 224 g/mol. The SMILES string of the molecule is CCO[SiH](CCCS)CCCS. The van der Waals surface area contributed by atoms with Crippen LogP contribution in [0.4, 0.5) is 0 Å². The van der Waals surface area contributed by atoms with Gasteiger partial charge >= 0.3 is 0 Å². The van der Waals surface area contributed by atoms with Crippen molar-refractivity contribution in [3.63, 3.8) is 0 Å². The molecule has 0 aromatic rings. The molecule has 0 unspecified atom stereocenters. The van der Waals surface area contributed by atoms with Gasteiger partial charge in [0.05, 0.1) is 0 Å². The first-order valence-electron chi connectivity index (χ1n) is 4.68. The molecule has 0 rings (SSSR count). The second-order valence-electron chi connectivity index (χ2n) is 2.81. The molecule has 0 aliphatic heterocycles. The van der Waals surface area contributed by atoms with Gasteiger partial charge in [0.2, 0.25) is 0 Å². The average molecular weight is 224 g/mol. The van der Waals surface area contributed by atoms with Crippen LogP contribution < -0.4 is 0 Å². The molecule has 0 fully saturated rings. The van der Waals surface area contributed by atoms with Gasteiger partial charge in [-0.2, -0.15) is 25.3 Å². The van der Waals surface area contributed by atoms with Gasteiger partial charge in [0.1, 0.15) is 0 Å². The van der Waals surface area contributed by atoms with E-state index in [1.807, 2.05) is 0 Å². The molecule has 0 amide bonds. The summed E-state index contributed by atoms with van der Waals surface area (Å²) in [6, 6.07) is 2.57. The first-order valence-corrected chi connectivity index (χ1v) is 8.05. The van der Waals surface area contributed by atoms with Crippen LogP contribution >= 0.6 is 25.3 Å². The van der Waals surface area contributed by atoms with Gasteiger partial charge in [0.25, 0.3) is 0 Å². The molecule has 74 valence electrons. The third-order valence-corrected chi connectivity index (χ3v) is 5.31. The molecule has 12 heavy (non-hydrogen) atoms. The largest absolute Gasteiger partial charge is 0.420 e. The lowest BCUT2D eigenvalue weighted by molar-refractivity contribution is 0.340. The van der Waals surface area contributed by atoms with Crippen LogP contribution in [0.1, 0.15) is 19.8 Å². The van der Waals surface area contributed by atoms with Crippen LogP contribution in [0.15, 0.2) is 0 Å². The topological polar surface area (TPSA) is 9.23 Å². The molecule has 1 nitrogen and oxygen atoms in total. The Balaban J connectivity index is 3.40. The van der Waals surface area contributed by atoms with E-state index in [9.17, 15) is 0 Å². The van der Waals surface area contributed by atoms with Crippen molar-refractivity contribution in [2.24, 2.45) is 0 Å². The summed E-state index contributed by atoms with van der Waals surface area (Å²) in [6.45, 7) is 2.97. The van der Waals surface area contributed by atoms with Crippen LogP contribution in [0.25, 0.3) is 0 Å². The fourth-order valence-electron chi connectivity index (χ4n) is 1.18. The number of thiol groups is 2. The van der Waals surface area contributed by atoms with Gasteiger partial charge in [-0.3, -0.25) is 0 Å². The quantitative estimate of drug-likeness (QED) is 0.475. The van der Waals surface area contributed by atoms with Crippen molar-refractivity contribution < 1.29 is 4.43 Å². The summed E-state index contributed by atoms with van der Waals surface area (Å²) in [5.74, 6) is 1.99. The molecule has 0 spiro atoms. The predicted molar refractivity (Wildman–Crippen MR) is 65.3 cm³/mol. The number of rotatable bonds is 8. The van der Waals surface area contributed by atoms with E-state index in [-0.39, 0.29) is 0 Å². The number of hydrogen-bond donors (Lipinski definition) is 2. The Morgan fingerprint density at radius 2 is 1.58 bits per heavy atom. The zero-order chi connectivity index (χ0) is 9.23. The van der Waals surface area contributed by atoms with Crippen LogP contribution in [0.5, 0.6) is 0 Å². The highest BCUT2D eigenvalue weighted by Gasteiger charge is 2.09. The van der Waals surface area contributed by atoms with E-state index < -0.39 is 9.04 Å². The Morgan fingerprint density at radius 3 is 1.92 bits per heavy atom. The predicted octanol–water partition coefficient (Wildman–Crippen LogP) is 2.39. The van der Waals surface area contributed by atoms with E-state index in [1.54, 1.807) is 0 Å². The lowest BCUT2D eigenvalue weighted by Gasteiger charge is -2.13. The normalized spacial score (nSPS) is 11.0. The highest BCUT2D eigenvalue weighted by molar-refractivity contribution is 7.80. The maximum absolute atomic E-state index is 5.72. The molecule has 0 heterocycles. The highest BCUT2D eigenvalue weighted by Crippen LogP contribution is 2.09. The molecular formula is C8H20OS2Si. The lowest BCUT2D eigenvalue weighted by atomic mass is 10.6. The minimum atomic E-state index is -0.867. The molecule has 0 aromatic heterocycles. The van der Waals surface area contributed by atoms with Crippen LogP contribution in [0.2, 0.25) is 12.1 Å². The summed E-state index contributed by atoms with van der Waals surface area (Å²) >= 11 is 8.41. The molecule has 0 saturated carbocycles. The molecule has 0 aliphatic carbocycles. The zero-order valence-corrected chi connectivity index (χ0v) is 10.8. The second kappa shape index (κ2) is 9.96. The first-order chi connectivity index (χ1) is 5.85. The van der Waals surface area contributed by atoms with Crippen molar-refractivity contribution in [1.29, 1.82) is 0 Å². The molecule has 0 radical (unpaired) electrons. The Labute approximate surface area is 88.8 Å². The smallest absolute Gasteiger partial charge is 0.176 e. The standard InChI is InChI=1S/C8H20OS2Si/c1-2-9-12(7-3-5-10)8-4-6-11/h10-12H,2-8H2,1H3. The average Bonchev–Trinajstić information content (AvgIpc) is 2.10. The molecule has 0 saturated heterocycles. The minimum Gasteiger partial charge on any atom is -0.420 e. The van der Waals surface area contributed by atoms with Crippen LogP contribution in [0.3, 0.4) is 0 Å². The van der Waals surface area contributed by atoms with Crippen molar-refractivity contribution >= 4 is 34.3 Å². The Morgan fingerprint density at radius 1 is 1.08 bits per heavy atom. The van der Waals surface area contributed by atoms with E-state index in [1.165, 1.54) is 24.9 Å². The van der Waals surface area contributed by atoms with Crippen molar-refractivity contribution in [1.82, 2.24) is 0 Å². The summed E-state index contributed by atoms with van der Waals surface area (Å²) in [7, 11) is -0.867. The van der Waals surface area contributed by atoms with Crippen LogP contribution in [-0.2, 0) is 4.43 Å². The van der Waals surface area contributed by atoms with E-state index in [0.29, 0.717) is 0 Å². The van der Waals surface area contributed by atoms with Crippen molar-refractivity contribution in [2.75, 3.05) is 18.1 Å². The van der Waals surface area contributed by atoms with E-state index in [2.05, 4.69) is 32.2 Å². The van der Waals surface area contributed by atoms with Crippen molar-refractivity contribution in [3.05, 3.63) is 0 Å². The van der Waals surface area contributed by atoms with Gasteiger partial charge in [-0.1, -0.05) is 0 Å². The summed E-state index contributed by atoms with van der Waals surface area (Å²) in [5, 5.41) is 0.